The summed E-state index contributed by atoms with van der Waals surface area (Å²) in [5.74, 6) is 2.22. The molecule has 0 N–H and O–H groups in total. The smallest absolute Gasteiger partial charge is 0.246 e. The van der Waals surface area contributed by atoms with Gasteiger partial charge in [0.05, 0.1) is 0 Å². The van der Waals surface area contributed by atoms with Crippen LogP contribution in [0.25, 0.3) is 0 Å². The second kappa shape index (κ2) is 4.81. The highest BCUT2D eigenvalue weighted by Gasteiger charge is 2.13. The molecule has 1 aliphatic rings. The SMILES string of the molecule is CSC(=O)SCc1ccc2c(c1)OCO2. The maximum atomic E-state index is 11.1. The van der Waals surface area contributed by atoms with Crippen LogP contribution in [0.3, 0.4) is 0 Å². The molecule has 3 nitrogen and oxygen atoms in total. The van der Waals surface area contributed by atoms with Gasteiger partial charge in [-0.1, -0.05) is 29.6 Å². The Morgan fingerprint density at radius 2 is 2.20 bits per heavy atom. The van der Waals surface area contributed by atoms with E-state index in [2.05, 4.69) is 0 Å². The van der Waals surface area contributed by atoms with E-state index in [9.17, 15) is 4.79 Å². The lowest BCUT2D eigenvalue weighted by atomic mass is 10.2. The molecule has 0 fully saturated rings. The lowest BCUT2D eigenvalue weighted by Crippen LogP contribution is -1.92. The van der Waals surface area contributed by atoms with Crippen LogP contribution >= 0.6 is 23.5 Å². The summed E-state index contributed by atoms with van der Waals surface area (Å²) in [7, 11) is 0. The Balaban J connectivity index is 2.01. The van der Waals surface area contributed by atoms with E-state index in [0.717, 1.165) is 17.1 Å². The second-order valence-corrected chi connectivity index (χ2v) is 4.92. The number of hydrogen-bond donors (Lipinski definition) is 0. The van der Waals surface area contributed by atoms with Crippen molar-refractivity contribution in [3.63, 3.8) is 0 Å². The largest absolute Gasteiger partial charge is 0.454 e. The molecule has 0 amide bonds. The third-order valence-corrected chi connectivity index (χ3v) is 3.86. The molecule has 0 atom stereocenters. The van der Waals surface area contributed by atoms with Gasteiger partial charge in [0.15, 0.2) is 11.5 Å². The van der Waals surface area contributed by atoms with E-state index in [-0.39, 0.29) is 11.2 Å². The van der Waals surface area contributed by atoms with Crippen molar-refractivity contribution in [2.75, 3.05) is 13.0 Å². The summed E-state index contributed by atoms with van der Waals surface area (Å²) in [6, 6.07) is 5.75. The van der Waals surface area contributed by atoms with Gasteiger partial charge in [-0.15, -0.1) is 0 Å². The number of rotatable bonds is 2. The second-order valence-electron chi connectivity index (χ2n) is 2.93. The average molecular weight is 242 g/mol. The van der Waals surface area contributed by atoms with Crippen molar-refractivity contribution in [2.24, 2.45) is 0 Å². The highest BCUT2D eigenvalue weighted by Crippen LogP contribution is 2.33. The Kier molecular flexibility index (Phi) is 3.43. The zero-order chi connectivity index (χ0) is 10.7. The molecule has 0 saturated heterocycles. The Labute approximate surface area is 96.5 Å². The van der Waals surface area contributed by atoms with Crippen LogP contribution in [0.2, 0.25) is 0 Å². The van der Waals surface area contributed by atoms with E-state index < -0.39 is 0 Å². The van der Waals surface area contributed by atoms with Gasteiger partial charge in [-0.05, 0) is 24.0 Å². The van der Waals surface area contributed by atoms with Crippen molar-refractivity contribution in [1.82, 2.24) is 0 Å². The predicted octanol–water partition coefficient (Wildman–Crippen LogP) is 3.13. The summed E-state index contributed by atoms with van der Waals surface area (Å²) < 4.78 is 10.6. The highest BCUT2D eigenvalue weighted by molar-refractivity contribution is 8.38. The molecule has 0 spiro atoms. The maximum absolute atomic E-state index is 11.1. The topological polar surface area (TPSA) is 35.5 Å². The van der Waals surface area contributed by atoms with Crippen molar-refractivity contribution in [1.29, 1.82) is 0 Å². The van der Waals surface area contributed by atoms with Crippen LogP contribution in [0.5, 0.6) is 11.5 Å². The molecule has 80 valence electrons. The first-order chi connectivity index (χ1) is 7.29. The molecular weight excluding hydrogens is 232 g/mol. The molecule has 5 heteroatoms. The zero-order valence-corrected chi connectivity index (χ0v) is 9.82. The fourth-order valence-electron chi connectivity index (χ4n) is 1.23. The van der Waals surface area contributed by atoms with Gasteiger partial charge in [-0.3, -0.25) is 4.79 Å². The molecule has 0 bridgehead atoms. The quantitative estimate of drug-likeness (QED) is 0.796. The lowest BCUT2D eigenvalue weighted by Gasteiger charge is -2.01. The molecule has 15 heavy (non-hydrogen) atoms. The van der Waals surface area contributed by atoms with E-state index >= 15 is 0 Å². The van der Waals surface area contributed by atoms with Crippen molar-refractivity contribution in [3.8, 4) is 11.5 Å². The summed E-state index contributed by atoms with van der Waals surface area (Å²) in [5.41, 5.74) is 1.08. The minimum atomic E-state index is 0.132. The van der Waals surface area contributed by atoms with Crippen LogP contribution in [0.1, 0.15) is 5.56 Å². The molecule has 0 aromatic heterocycles. The zero-order valence-electron chi connectivity index (χ0n) is 8.19. The lowest BCUT2D eigenvalue weighted by molar-refractivity contribution is 0.174. The molecule has 1 aliphatic heterocycles. The molecule has 2 rings (SSSR count). The van der Waals surface area contributed by atoms with Gasteiger partial charge in [0.25, 0.3) is 0 Å². The Bertz CT molecular complexity index is 379. The maximum Gasteiger partial charge on any atom is 0.246 e. The van der Waals surface area contributed by atoms with Gasteiger partial charge >= 0.3 is 0 Å². The van der Waals surface area contributed by atoms with E-state index in [0.29, 0.717) is 5.75 Å². The number of thioether (sulfide) groups is 2. The van der Waals surface area contributed by atoms with Crippen LogP contribution in [0.15, 0.2) is 18.2 Å². The fourth-order valence-corrected chi connectivity index (χ4v) is 2.34. The van der Waals surface area contributed by atoms with Crippen LogP contribution in [0.4, 0.5) is 4.79 Å². The van der Waals surface area contributed by atoms with Gasteiger partial charge in [-0.2, -0.15) is 0 Å². The van der Waals surface area contributed by atoms with E-state index in [1.807, 2.05) is 18.2 Å². The molecule has 0 radical (unpaired) electrons. The number of benzene rings is 1. The van der Waals surface area contributed by atoms with E-state index in [1.54, 1.807) is 6.26 Å². The number of ether oxygens (including phenoxy) is 2. The molecule has 1 aromatic carbocycles. The summed E-state index contributed by atoms with van der Waals surface area (Å²) >= 11 is 2.54. The van der Waals surface area contributed by atoms with Crippen LogP contribution in [-0.2, 0) is 5.75 Å². The Hall–Kier alpha value is -0.810. The van der Waals surface area contributed by atoms with Crippen LogP contribution in [-0.4, -0.2) is 17.5 Å². The molecular formula is C10H10O3S2. The normalized spacial score (nSPS) is 12.9. The number of carbonyl (C=O) groups is 1. The number of carbonyl (C=O) groups excluding carboxylic acids is 1. The van der Waals surface area contributed by atoms with Gasteiger partial charge in [-0.25, -0.2) is 0 Å². The van der Waals surface area contributed by atoms with Crippen LogP contribution < -0.4 is 9.47 Å². The minimum absolute atomic E-state index is 0.132. The van der Waals surface area contributed by atoms with Gasteiger partial charge in [0.1, 0.15) is 0 Å². The van der Waals surface area contributed by atoms with Gasteiger partial charge in [0, 0.05) is 5.75 Å². The molecule has 0 saturated carbocycles. The van der Waals surface area contributed by atoms with E-state index in [1.165, 1.54) is 23.5 Å². The summed E-state index contributed by atoms with van der Waals surface area (Å²) in [6.07, 6.45) is 1.79. The monoisotopic (exact) mass is 242 g/mol. The number of fused-ring (bicyclic) bond motifs is 1. The third kappa shape index (κ3) is 2.60. The van der Waals surface area contributed by atoms with Gasteiger partial charge in [0.2, 0.25) is 11.2 Å². The summed E-state index contributed by atoms with van der Waals surface area (Å²) in [5, 5.41) is 0. The molecule has 1 aromatic rings. The van der Waals surface area contributed by atoms with Crippen molar-refractivity contribution in [2.45, 2.75) is 5.75 Å². The number of hydrogen-bond acceptors (Lipinski definition) is 5. The molecule has 0 aliphatic carbocycles. The van der Waals surface area contributed by atoms with Crippen molar-refractivity contribution < 1.29 is 14.3 Å². The highest BCUT2D eigenvalue weighted by atomic mass is 32.2. The molecule has 1 heterocycles. The van der Waals surface area contributed by atoms with E-state index in [4.69, 9.17) is 9.47 Å². The van der Waals surface area contributed by atoms with Gasteiger partial charge < -0.3 is 9.47 Å². The van der Waals surface area contributed by atoms with Crippen molar-refractivity contribution >= 4 is 28.0 Å². The third-order valence-electron chi connectivity index (χ3n) is 1.96. The molecule has 0 unspecified atom stereocenters. The predicted molar refractivity (Wildman–Crippen MR) is 62.8 cm³/mol. The fraction of sp³-hybridized carbons (Fsp3) is 0.300. The first-order valence-electron chi connectivity index (χ1n) is 4.39. The standard InChI is InChI=1S/C10H10O3S2/c1-14-10(11)15-5-7-2-3-8-9(4-7)13-6-12-8/h2-4H,5-6H2,1H3. The first-order valence-corrected chi connectivity index (χ1v) is 6.60. The average Bonchev–Trinajstić information content (AvgIpc) is 2.72. The Morgan fingerprint density at radius 3 is 3.00 bits per heavy atom. The van der Waals surface area contributed by atoms with Crippen molar-refractivity contribution in [3.05, 3.63) is 23.8 Å². The first kappa shape index (κ1) is 10.7. The summed E-state index contributed by atoms with van der Waals surface area (Å²) in [4.78, 5) is 11.1. The minimum Gasteiger partial charge on any atom is -0.454 e. The summed E-state index contributed by atoms with van der Waals surface area (Å²) in [6.45, 7) is 0.287. The Morgan fingerprint density at radius 1 is 1.40 bits per heavy atom. The van der Waals surface area contributed by atoms with Crippen LogP contribution in [0, 0.1) is 0 Å².